The molecule has 1 aromatic carbocycles. The van der Waals surface area contributed by atoms with Crippen LogP contribution in [0.5, 0.6) is 5.75 Å². The van der Waals surface area contributed by atoms with E-state index in [9.17, 15) is 9.18 Å². The minimum atomic E-state index is -0.363. The molecule has 0 radical (unpaired) electrons. The summed E-state index contributed by atoms with van der Waals surface area (Å²) in [6.45, 7) is 3.64. The first-order valence-electron chi connectivity index (χ1n) is 6.46. The number of halogens is 1. The van der Waals surface area contributed by atoms with Crippen LogP contribution in [-0.4, -0.2) is 38.7 Å². The Morgan fingerprint density at radius 3 is 2.84 bits per heavy atom. The van der Waals surface area contributed by atoms with Crippen LogP contribution in [0.2, 0.25) is 0 Å². The van der Waals surface area contributed by atoms with Crippen LogP contribution in [0.1, 0.15) is 6.42 Å². The van der Waals surface area contributed by atoms with E-state index in [4.69, 9.17) is 4.74 Å². The summed E-state index contributed by atoms with van der Waals surface area (Å²) < 4.78 is 19.4. The zero-order valence-corrected chi connectivity index (χ0v) is 10.5. The monoisotopic (exact) mass is 265 g/mol. The van der Waals surface area contributed by atoms with Gasteiger partial charge in [0.1, 0.15) is 5.82 Å². The number of amides is 1. The predicted molar refractivity (Wildman–Crippen MR) is 70.2 cm³/mol. The lowest BCUT2D eigenvalue weighted by Crippen LogP contribution is -2.43. The van der Waals surface area contributed by atoms with Gasteiger partial charge in [-0.2, -0.15) is 0 Å². The second-order valence-electron chi connectivity index (χ2n) is 4.69. The van der Waals surface area contributed by atoms with Crippen molar-refractivity contribution in [1.82, 2.24) is 5.32 Å². The third-order valence-electron chi connectivity index (χ3n) is 3.34. The standard InChI is InChI=1S/C13H16FN3O2/c14-9-7-10-13(19-6-1-12(18)16-10)11(8-9)17-4-2-15-3-5-17/h7-8,15H,1-6H2,(H,16,18). The van der Waals surface area contributed by atoms with Crippen molar-refractivity contribution < 1.29 is 13.9 Å². The molecular formula is C13H16FN3O2. The molecule has 0 atom stereocenters. The number of ether oxygens (including phenoxy) is 1. The van der Waals surface area contributed by atoms with E-state index in [2.05, 4.69) is 15.5 Å². The van der Waals surface area contributed by atoms with Gasteiger partial charge in [-0.1, -0.05) is 0 Å². The van der Waals surface area contributed by atoms with E-state index in [0.29, 0.717) is 18.0 Å². The van der Waals surface area contributed by atoms with E-state index < -0.39 is 0 Å². The van der Waals surface area contributed by atoms with Crippen LogP contribution in [0.15, 0.2) is 12.1 Å². The second-order valence-corrected chi connectivity index (χ2v) is 4.69. The van der Waals surface area contributed by atoms with Crippen molar-refractivity contribution in [2.75, 3.05) is 43.0 Å². The highest BCUT2D eigenvalue weighted by Crippen LogP contribution is 2.38. The van der Waals surface area contributed by atoms with Crippen molar-refractivity contribution in [3.8, 4) is 5.75 Å². The molecule has 2 aliphatic heterocycles. The maximum atomic E-state index is 13.7. The summed E-state index contributed by atoms with van der Waals surface area (Å²) in [5, 5.41) is 5.95. The highest BCUT2D eigenvalue weighted by atomic mass is 19.1. The van der Waals surface area contributed by atoms with Crippen molar-refractivity contribution >= 4 is 17.3 Å². The smallest absolute Gasteiger partial charge is 0.227 e. The second kappa shape index (κ2) is 5.05. The van der Waals surface area contributed by atoms with Gasteiger partial charge >= 0.3 is 0 Å². The molecule has 1 saturated heterocycles. The molecule has 0 spiro atoms. The van der Waals surface area contributed by atoms with E-state index in [1.807, 2.05) is 0 Å². The molecule has 6 heteroatoms. The van der Waals surface area contributed by atoms with E-state index in [-0.39, 0.29) is 18.1 Å². The van der Waals surface area contributed by atoms with Gasteiger partial charge in [-0.15, -0.1) is 0 Å². The first-order chi connectivity index (χ1) is 9.24. The zero-order chi connectivity index (χ0) is 13.2. The van der Waals surface area contributed by atoms with E-state index in [0.717, 1.165) is 31.9 Å². The first kappa shape index (κ1) is 12.2. The summed E-state index contributed by atoms with van der Waals surface area (Å²) in [5.41, 5.74) is 1.15. The van der Waals surface area contributed by atoms with Crippen LogP contribution >= 0.6 is 0 Å². The van der Waals surface area contributed by atoms with Gasteiger partial charge in [0.15, 0.2) is 5.75 Å². The van der Waals surface area contributed by atoms with Crippen molar-refractivity contribution in [3.63, 3.8) is 0 Å². The van der Waals surface area contributed by atoms with Crippen molar-refractivity contribution in [2.45, 2.75) is 6.42 Å². The molecule has 0 aromatic heterocycles. The fourth-order valence-corrected chi connectivity index (χ4v) is 2.42. The first-order valence-corrected chi connectivity index (χ1v) is 6.46. The third kappa shape index (κ3) is 2.49. The Bertz CT molecular complexity index is 501. The van der Waals surface area contributed by atoms with Crippen LogP contribution in [-0.2, 0) is 4.79 Å². The van der Waals surface area contributed by atoms with Gasteiger partial charge in [0, 0.05) is 38.3 Å². The third-order valence-corrected chi connectivity index (χ3v) is 3.34. The number of anilines is 2. The molecule has 1 amide bonds. The number of nitrogens with zero attached hydrogens (tertiary/aromatic N) is 1. The van der Waals surface area contributed by atoms with Gasteiger partial charge in [-0.25, -0.2) is 4.39 Å². The average Bonchev–Trinajstić information content (AvgIpc) is 2.59. The molecule has 19 heavy (non-hydrogen) atoms. The molecule has 2 heterocycles. The Balaban J connectivity index is 2.01. The summed E-state index contributed by atoms with van der Waals surface area (Å²) in [6, 6.07) is 2.78. The minimum Gasteiger partial charge on any atom is -0.489 e. The molecule has 2 aliphatic rings. The normalized spacial score (nSPS) is 19.2. The number of benzene rings is 1. The molecule has 3 rings (SSSR count). The molecule has 2 N–H and O–H groups in total. The molecule has 1 fully saturated rings. The minimum absolute atomic E-state index is 0.143. The summed E-state index contributed by atoms with van der Waals surface area (Å²) in [6.07, 6.45) is 0.289. The highest BCUT2D eigenvalue weighted by Gasteiger charge is 2.23. The maximum absolute atomic E-state index is 13.7. The Kier molecular flexibility index (Phi) is 3.25. The zero-order valence-electron chi connectivity index (χ0n) is 10.5. The number of hydrogen-bond donors (Lipinski definition) is 2. The highest BCUT2D eigenvalue weighted by molar-refractivity contribution is 5.94. The van der Waals surface area contributed by atoms with Gasteiger partial charge in [-0.3, -0.25) is 4.79 Å². The molecular weight excluding hydrogens is 249 g/mol. The van der Waals surface area contributed by atoms with Gasteiger partial charge in [0.25, 0.3) is 0 Å². The van der Waals surface area contributed by atoms with Gasteiger partial charge in [0.2, 0.25) is 5.91 Å². The largest absolute Gasteiger partial charge is 0.489 e. The molecule has 0 bridgehead atoms. The quantitative estimate of drug-likeness (QED) is 0.794. The molecule has 0 unspecified atom stereocenters. The van der Waals surface area contributed by atoms with Gasteiger partial charge in [-0.05, 0) is 0 Å². The number of rotatable bonds is 1. The van der Waals surface area contributed by atoms with E-state index >= 15 is 0 Å². The number of piperazine rings is 1. The maximum Gasteiger partial charge on any atom is 0.227 e. The molecule has 5 nitrogen and oxygen atoms in total. The number of hydrogen-bond acceptors (Lipinski definition) is 4. The number of nitrogens with one attached hydrogen (secondary N) is 2. The Labute approximate surface area is 110 Å². The topological polar surface area (TPSA) is 53.6 Å². The average molecular weight is 265 g/mol. The van der Waals surface area contributed by atoms with Crippen LogP contribution < -0.4 is 20.3 Å². The summed E-state index contributed by atoms with van der Waals surface area (Å²) in [4.78, 5) is 13.6. The fourth-order valence-electron chi connectivity index (χ4n) is 2.42. The molecule has 1 aromatic rings. The number of carbonyl (C=O) groups is 1. The van der Waals surface area contributed by atoms with Gasteiger partial charge < -0.3 is 20.3 Å². The van der Waals surface area contributed by atoms with E-state index in [1.54, 1.807) is 0 Å². The van der Waals surface area contributed by atoms with Crippen LogP contribution in [0.25, 0.3) is 0 Å². The Morgan fingerprint density at radius 1 is 1.26 bits per heavy atom. The van der Waals surface area contributed by atoms with Crippen LogP contribution in [0, 0.1) is 5.82 Å². The SMILES string of the molecule is O=C1CCOc2c(cc(F)cc2N2CCNCC2)N1. The Hall–Kier alpha value is -1.82. The van der Waals surface area contributed by atoms with Crippen molar-refractivity contribution in [3.05, 3.63) is 17.9 Å². The van der Waals surface area contributed by atoms with Crippen LogP contribution in [0.4, 0.5) is 15.8 Å². The number of carbonyl (C=O) groups excluding carboxylic acids is 1. The molecule has 0 aliphatic carbocycles. The lowest BCUT2D eigenvalue weighted by molar-refractivity contribution is -0.116. The summed E-state index contributed by atoms with van der Waals surface area (Å²) >= 11 is 0. The Morgan fingerprint density at radius 2 is 2.05 bits per heavy atom. The van der Waals surface area contributed by atoms with Crippen LogP contribution in [0.3, 0.4) is 0 Å². The predicted octanol–water partition coefficient (Wildman–Crippen LogP) is 0.956. The van der Waals surface area contributed by atoms with Gasteiger partial charge in [0.05, 0.1) is 24.4 Å². The van der Waals surface area contributed by atoms with E-state index in [1.165, 1.54) is 12.1 Å². The number of fused-ring (bicyclic) bond motifs is 1. The van der Waals surface area contributed by atoms with Crippen molar-refractivity contribution in [2.24, 2.45) is 0 Å². The lowest BCUT2D eigenvalue weighted by Gasteiger charge is -2.31. The lowest BCUT2D eigenvalue weighted by atomic mass is 10.2. The summed E-state index contributed by atoms with van der Waals surface area (Å²) in [7, 11) is 0. The van der Waals surface area contributed by atoms with Crippen molar-refractivity contribution in [1.29, 1.82) is 0 Å². The fraction of sp³-hybridized carbons (Fsp3) is 0.462. The molecule has 102 valence electrons. The summed E-state index contributed by atoms with van der Waals surface area (Å²) in [5.74, 6) is 0.0721. The molecule has 0 saturated carbocycles.